The van der Waals surface area contributed by atoms with Gasteiger partial charge < -0.3 is 10.5 Å². The van der Waals surface area contributed by atoms with Crippen molar-refractivity contribution in [2.24, 2.45) is 5.73 Å². The Labute approximate surface area is 136 Å². The topological polar surface area (TPSA) is 69.4 Å². The van der Waals surface area contributed by atoms with E-state index in [9.17, 15) is 8.42 Å². The van der Waals surface area contributed by atoms with E-state index in [4.69, 9.17) is 10.5 Å². The highest BCUT2D eigenvalue weighted by molar-refractivity contribution is 9.10. The molecule has 120 valence electrons. The lowest BCUT2D eigenvalue weighted by atomic mass is 10.0. The molecule has 21 heavy (non-hydrogen) atoms. The largest absolute Gasteiger partial charge is 0.493 e. The minimum atomic E-state index is -3.06. The van der Waals surface area contributed by atoms with Gasteiger partial charge in [0.15, 0.2) is 9.84 Å². The van der Waals surface area contributed by atoms with E-state index in [1.54, 1.807) is 13.8 Å². The summed E-state index contributed by atoms with van der Waals surface area (Å²) >= 11 is 3.50. The zero-order chi connectivity index (χ0) is 16.0. The SMILES string of the molecule is CCC(N)Cc1cc(OCCS(=O)(=O)C(C)C)ccc1Br. The van der Waals surface area contributed by atoms with Gasteiger partial charge in [0.25, 0.3) is 0 Å². The van der Waals surface area contributed by atoms with Crippen LogP contribution in [-0.2, 0) is 16.3 Å². The molecule has 1 rings (SSSR count). The Kier molecular flexibility index (Phi) is 7.16. The molecule has 0 radical (unpaired) electrons. The molecule has 0 aromatic heterocycles. The van der Waals surface area contributed by atoms with Gasteiger partial charge in [0.2, 0.25) is 0 Å². The van der Waals surface area contributed by atoms with Crippen LogP contribution in [0.4, 0.5) is 0 Å². The molecule has 2 N–H and O–H groups in total. The summed E-state index contributed by atoms with van der Waals surface area (Å²) in [6.45, 7) is 5.58. The Morgan fingerprint density at radius 3 is 2.57 bits per heavy atom. The van der Waals surface area contributed by atoms with Crippen molar-refractivity contribution < 1.29 is 13.2 Å². The van der Waals surface area contributed by atoms with Crippen molar-refractivity contribution in [3.63, 3.8) is 0 Å². The van der Waals surface area contributed by atoms with Gasteiger partial charge in [-0.15, -0.1) is 0 Å². The van der Waals surface area contributed by atoms with Crippen LogP contribution in [0.25, 0.3) is 0 Å². The fourth-order valence-corrected chi connectivity index (χ4v) is 2.93. The van der Waals surface area contributed by atoms with E-state index < -0.39 is 9.84 Å². The van der Waals surface area contributed by atoms with Gasteiger partial charge in [-0.2, -0.15) is 0 Å². The van der Waals surface area contributed by atoms with Crippen LogP contribution >= 0.6 is 15.9 Å². The van der Waals surface area contributed by atoms with E-state index in [1.807, 2.05) is 18.2 Å². The fraction of sp³-hybridized carbons (Fsp3) is 0.600. The number of sulfone groups is 1. The number of halogens is 1. The summed E-state index contributed by atoms with van der Waals surface area (Å²) in [5.74, 6) is 0.709. The van der Waals surface area contributed by atoms with E-state index in [0.717, 1.165) is 22.9 Å². The molecule has 1 atom stereocenters. The van der Waals surface area contributed by atoms with Crippen molar-refractivity contribution in [2.75, 3.05) is 12.4 Å². The second kappa shape index (κ2) is 8.15. The van der Waals surface area contributed by atoms with Crippen LogP contribution in [0.15, 0.2) is 22.7 Å². The van der Waals surface area contributed by atoms with Crippen LogP contribution in [0.3, 0.4) is 0 Å². The number of hydrogen-bond acceptors (Lipinski definition) is 4. The van der Waals surface area contributed by atoms with Gasteiger partial charge in [0, 0.05) is 10.5 Å². The highest BCUT2D eigenvalue weighted by Crippen LogP contribution is 2.24. The molecular weight excluding hydrogens is 354 g/mol. The number of hydrogen-bond donors (Lipinski definition) is 1. The number of rotatable bonds is 8. The van der Waals surface area contributed by atoms with Crippen molar-refractivity contribution in [1.29, 1.82) is 0 Å². The molecule has 0 spiro atoms. The summed E-state index contributed by atoms with van der Waals surface area (Å²) in [6, 6.07) is 5.76. The van der Waals surface area contributed by atoms with Crippen LogP contribution in [0.1, 0.15) is 32.8 Å². The molecule has 0 aliphatic rings. The summed E-state index contributed by atoms with van der Waals surface area (Å²) in [7, 11) is -3.06. The first-order valence-electron chi connectivity index (χ1n) is 7.14. The normalized spacial score (nSPS) is 13.4. The third-order valence-corrected chi connectivity index (χ3v) is 6.32. The van der Waals surface area contributed by atoms with Gasteiger partial charge >= 0.3 is 0 Å². The minimum Gasteiger partial charge on any atom is -0.493 e. The van der Waals surface area contributed by atoms with Gasteiger partial charge in [-0.25, -0.2) is 8.42 Å². The zero-order valence-corrected chi connectivity index (χ0v) is 15.2. The number of benzene rings is 1. The van der Waals surface area contributed by atoms with Gasteiger partial charge in [0.05, 0.1) is 11.0 Å². The van der Waals surface area contributed by atoms with E-state index in [1.165, 1.54) is 0 Å². The second-order valence-electron chi connectivity index (χ2n) is 5.39. The van der Waals surface area contributed by atoms with Crippen molar-refractivity contribution in [1.82, 2.24) is 0 Å². The van der Waals surface area contributed by atoms with Crippen molar-refractivity contribution in [3.05, 3.63) is 28.2 Å². The molecule has 1 aromatic carbocycles. The van der Waals surface area contributed by atoms with Gasteiger partial charge in [-0.05, 0) is 50.5 Å². The summed E-state index contributed by atoms with van der Waals surface area (Å²) < 4.78 is 30.0. The maximum Gasteiger partial charge on any atom is 0.155 e. The number of nitrogens with two attached hydrogens (primary N) is 1. The molecule has 6 heteroatoms. The Morgan fingerprint density at radius 2 is 2.00 bits per heavy atom. The molecule has 1 unspecified atom stereocenters. The first-order chi connectivity index (χ1) is 9.76. The predicted molar refractivity (Wildman–Crippen MR) is 90.5 cm³/mol. The van der Waals surface area contributed by atoms with Crippen molar-refractivity contribution >= 4 is 25.8 Å². The Morgan fingerprint density at radius 1 is 1.33 bits per heavy atom. The first kappa shape index (κ1) is 18.5. The van der Waals surface area contributed by atoms with E-state index in [2.05, 4.69) is 22.9 Å². The molecule has 0 aliphatic carbocycles. The third kappa shape index (κ3) is 5.96. The highest BCUT2D eigenvalue weighted by Gasteiger charge is 2.16. The Bertz CT molecular complexity index is 558. The average Bonchev–Trinajstić information content (AvgIpc) is 2.41. The van der Waals surface area contributed by atoms with Crippen LogP contribution in [0.5, 0.6) is 5.75 Å². The molecule has 0 aliphatic heterocycles. The lowest BCUT2D eigenvalue weighted by molar-refractivity contribution is 0.340. The molecular formula is C15H24BrNO3S. The van der Waals surface area contributed by atoms with Crippen LogP contribution in [-0.4, -0.2) is 32.1 Å². The van der Waals surface area contributed by atoms with Crippen LogP contribution in [0.2, 0.25) is 0 Å². The monoisotopic (exact) mass is 377 g/mol. The van der Waals surface area contributed by atoms with Crippen molar-refractivity contribution in [3.8, 4) is 5.75 Å². The van der Waals surface area contributed by atoms with E-state index in [-0.39, 0.29) is 23.7 Å². The number of ether oxygens (including phenoxy) is 1. The molecule has 0 heterocycles. The summed E-state index contributed by atoms with van der Waals surface area (Å²) in [4.78, 5) is 0. The Balaban J connectivity index is 2.66. The lowest BCUT2D eigenvalue weighted by Crippen LogP contribution is -2.22. The van der Waals surface area contributed by atoms with Crippen LogP contribution < -0.4 is 10.5 Å². The van der Waals surface area contributed by atoms with E-state index >= 15 is 0 Å². The maximum absolute atomic E-state index is 11.7. The lowest BCUT2D eigenvalue weighted by Gasteiger charge is -2.13. The van der Waals surface area contributed by atoms with Gasteiger partial charge in [0.1, 0.15) is 12.4 Å². The predicted octanol–water partition coefficient (Wildman–Crippen LogP) is 2.93. The smallest absolute Gasteiger partial charge is 0.155 e. The fourth-order valence-electron chi connectivity index (χ4n) is 1.74. The molecule has 0 saturated heterocycles. The summed E-state index contributed by atoms with van der Waals surface area (Å²) in [5.41, 5.74) is 7.05. The third-order valence-electron chi connectivity index (χ3n) is 3.38. The molecule has 4 nitrogen and oxygen atoms in total. The molecule has 0 bridgehead atoms. The molecule has 0 saturated carbocycles. The van der Waals surface area contributed by atoms with Crippen LogP contribution in [0, 0.1) is 0 Å². The second-order valence-corrected chi connectivity index (χ2v) is 8.92. The highest BCUT2D eigenvalue weighted by atomic mass is 79.9. The molecule has 0 fully saturated rings. The van der Waals surface area contributed by atoms with Crippen molar-refractivity contribution in [2.45, 2.75) is 44.9 Å². The van der Waals surface area contributed by atoms with Gasteiger partial charge in [-0.3, -0.25) is 0 Å². The minimum absolute atomic E-state index is 0.0323. The quantitative estimate of drug-likeness (QED) is 0.755. The first-order valence-corrected chi connectivity index (χ1v) is 9.65. The summed E-state index contributed by atoms with van der Waals surface area (Å²) in [6.07, 6.45) is 1.67. The van der Waals surface area contributed by atoms with Gasteiger partial charge in [-0.1, -0.05) is 22.9 Å². The molecule has 0 amide bonds. The Hall–Kier alpha value is -0.590. The maximum atomic E-state index is 11.7. The summed E-state index contributed by atoms with van der Waals surface area (Å²) in [5, 5.41) is -0.371. The van der Waals surface area contributed by atoms with E-state index in [0.29, 0.717) is 5.75 Å². The zero-order valence-electron chi connectivity index (χ0n) is 12.8. The average molecular weight is 378 g/mol. The standard InChI is InChI=1S/C15H24BrNO3S/c1-4-13(17)9-12-10-14(5-6-15(12)16)20-7-8-21(18,19)11(2)3/h5-6,10-11,13H,4,7-9,17H2,1-3H3. The molecule has 1 aromatic rings.